The largest absolute Gasteiger partial charge is 2.00 e. The molecule has 1 aliphatic heterocycles. The normalized spacial score (nSPS) is 18.1. The van der Waals surface area contributed by atoms with E-state index in [1.165, 1.54) is 5.71 Å². The summed E-state index contributed by atoms with van der Waals surface area (Å²) in [5, 5.41) is 4.25. The van der Waals surface area contributed by atoms with E-state index in [2.05, 4.69) is 24.2 Å². The van der Waals surface area contributed by atoms with Gasteiger partial charge in [0.1, 0.15) is 0 Å². The van der Waals surface area contributed by atoms with E-state index in [4.69, 9.17) is 0 Å². The average Bonchev–Trinajstić information content (AvgIpc) is 1.90. The molecule has 1 radical (unpaired) electrons. The Kier molecular flexibility index (Phi) is 5.10. The van der Waals surface area contributed by atoms with Gasteiger partial charge in [0, 0.05) is 6.54 Å². The van der Waals surface area contributed by atoms with Crippen molar-refractivity contribution in [1.82, 2.24) is 0 Å². The first-order valence-corrected chi connectivity index (χ1v) is 3.47. The Balaban J connectivity index is 0.000000810. The fraction of sp³-hybridized carbons (Fsp3) is 0.857. The molecular formula is C7H13N2Rh+. The number of nitrogens with zero attached hydrogens (tertiary/aromatic N) is 2. The van der Waals surface area contributed by atoms with Crippen molar-refractivity contribution in [3.63, 3.8) is 0 Å². The molecular weight excluding hydrogens is 215 g/mol. The quantitative estimate of drug-likeness (QED) is 0.607. The SMILES string of the molecule is CC(C)C1=NCC[N-]C1.[Rh+2]. The third kappa shape index (κ3) is 2.89. The predicted octanol–water partition coefficient (Wildman–Crippen LogP) is 1.47. The van der Waals surface area contributed by atoms with Gasteiger partial charge in [0.05, 0.1) is 0 Å². The molecule has 10 heavy (non-hydrogen) atoms. The van der Waals surface area contributed by atoms with Crippen LogP contribution < -0.4 is 0 Å². The standard InChI is InChI=1S/C7H13N2.Rh/c1-6(2)7-5-8-3-4-9-7;/h6H,3-5H2,1-2H3;/q-1;+2. The summed E-state index contributed by atoms with van der Waals surface area (Å²) in [4.78, 5) is 4.35. The van der Waals surface area contributed by atoms with E-state index in [9.17, 15) is 0 Å². The van der Waals surface area contributed by atoms with Gasteiger partial charge in [-0.15, -0.1) is 13.1 Å². The van der Waals surface area contributed by atoms with Gasteiger partial charge in [-0.25, -0.2) is 0 Å². The molecule has 0 aromatic heterocycles. The van der Waals surface area contributed by atoms with E-state index in [-0.39, 0.29) is 19.5 Å². The van der Waals surface area contributed by atoms with Gasteiger partial charge in [-0.05, 0) is 11.6 Å². The minimum atomic E-state index is 0. The maximum atomic E-state index is 4.35. The maximum absolute atomic E-state index is 4.35. The zero-order valence-corrected chi connectivity index (χ0v) is 8.07. The van der Waals surface area contributed by atoms with Crippen LogP contribution in [0.25, 0.3) is 5.32 Å². The first-order valence-electron chi connectivity index (χ1n) is 3.47. The van der Waals surface area contributed by atoms with Crippen LogP contribution in [-0.4, -0.2) is 25.3 Å². The van der Waals surface area contributed by atoms with E-state index in [1.54, 1.807) is 0 Å². The molecule has 0 saturated heterocycles. The van der Waals surface area contributed by atoms with E-state index in [0.29, 0.717) is 5.92 Å². The number of rotatable bonds is 1. The molecule has 0 saturated carbocycles. The molecule has 0 fully saturated rings. The van der Waals surface area contributed by atoms with Crippen LogP contribution in [0.2, 0.25) is 0 Å². The van der Waals surface area contributed by atoms with Crippen LogP contribution in [0.5, 0.6) is 0 Å². The van der Waals surface area contributed by atoms with Gasteiger partial charge in [0.15, 0.2) is 0 Å². The van der Waals surface area contributed by atoms with Gasteiger partial charge in [0.2, 0.25) is 0 Å². The molecule has 2 nitrogen and oxygen atoms in total. The monoisotopic (exact) mass is 228 g/mol. The van der Waals surface area contributed by atoms with Crippen LogP contribution in [0.1, 0.15) is 13.8 Å². The summed E-state index contributed by atoms with van der Waals surface area (Å²) >= 11 is 0. The Hall–Kier alpha value is 0.253. The summed E-state index contributed by atoms with van der Waals surface area (Å²) in [6, 6.07) is 0. The second-order valence-corrected chi connectivity index (χ2v) is 2.63. The Morgan fingerprint density at radius 1 is 1.50 bits per heavy atom. The number of hydrogen-bond acceptors (Lipinski definition) is 1. The Morgan fingerprint density at radius 3 is 2.50 bits per heavy atom. The third-order valence-corrected chi connectivity index (χ3v) is 1.51. The Labute approximate surface area is 75.3 Å². The van der Waals surface area contributed by atoms with Crippen molar-refractivity contribution >= 4 is 5.71 Å². The summed E-state index contributed by atoms with van der Waals surface area (Å²) in [7, 11) is 0. The van der Waals surface area contributed by atoms with Gasteiger partial charge in [-0.1, -0.05) is 13.8 Å². The van der Waals surface area contributed by atoms with Crippen molar-refractivity contribution in [2.45, 2.75) is 13.8 Å². The van der Waals surface area contributed by atoms with Crippen LogP contribution in [0.15, 0.2) is 4.99 Å². The first kappa shape index (κ1) is 10.3. The van der Waals surface area contributed by atoms with Crippen molar-refractivity contribution in [1.29, 1.82) is 0 Å². The van der Waals surface area contributed by atoms with Crippen LogP contribution in [0, 0.1) is 5.92 Å². The molecule has 0 aromatic carbocycles. The topological polar surface area (TPSA) is 26.5 Å². The second kappa shape index (κ2) is 4.98. The smallest absolute Gasteiger partial charge is 0.656 e. The fourth-order valence-electron chi connectivity index (χ4n) is 0.873. The van der Waals surface area contributed by atoms with Gasteiger partial charge in [0.25, 0.3) is 0 Å². The molecule has 0 atom stereocenters. The van der Waals surface area contributed by atoms with Gasteiger partial charge in [-0.3, -0.25) is 4.99 Å². The Morgan fingerprint density at radius 2 is 2.20 bits per heavy atom. The molecule has 0 N–H and O–H groups in total. The maximum Gasteiger partial charge on any atom is 2.00 e. The third-order valence-electron chi connectivity index (χ3n) is 1.51. The van der Waals surface area contributed by atoms with E-state index in [1.807, 2.05) is 0 Å². The molecule has 0 bridgehead atoms. The zero-order valence-electron chi connectivity index (χ0n) is 6.43. The summed E-state index contributed by atoms with van der Waals surface area (Å²) < 4.78 is 0. The summed E-state index contributed by atoms with van der Waals surface area (Å²) in [5.41, 5.74) is 1.27. The molecule has 1 aliphatic rings. The summed E-state index contributed by atoms with van der Waals surface area (Å²) in [5.74, 6) is 0.592. The second-order valence-electron chi connectivity index (χ2n) is 2.63. The Bertz CT molecular complexity index is 121. The van der Waals surface area contributed by atoms with Gasteiger partial charge < -0.3 is 5.32 Å². The van der Waals surface area contributed by atoms with Crippen molar-refractivity contribution < 1.29 is 19.5 Å². The van der Waals surface area contributed by atoms with Crippen molar-refractivity contribution in [3.8, 4) is 0 Å². The molecule has 0 amide bonds. The van der Waals surface area contributed by atoms with E-state index >= 15 is 0 Å². The summed E-state index contributed by atoms with van der Waals surface area (Å²) in [6.07, 6.45) is 0. The zero-order chi connectivity index (χ0) is 6.69. The van der Waals surface area contributed by atoms with Crippen molar-refractivity contribution in [3.05, 3.63) is 5.32 Å². The molecule has 3 heteroatoms. The molecule has 0 aliphatic carbocycles. The van der Waals surface area contributed by atoms with Crippen LogP contribution in [0.3, 0.4) is 0 Å². The minimum absolute atomic E-state index is 0. The molecule has 1 rings (SSSR count). The van der Waals surface area contributed by atoms with Crippen molar-refractivity contribution in [2.75, 3.05) is 19.6 Å². The minimum Gasteiger partial charge on any atom is -0.656 e. The molecule has 0 aromatic rings. The molecule has 0 spiro atoms. The first-order chi connectivity index (χ1) is 4.30. The number of aliphatic imine (C=N–C) groups is 1. The van der Waals surface area contributed by atoms with Crippen LogP contribution >= 0.6 is 0 Å². The average molecular weight is 228 g/mol. The summed E-state index contributed by atoms with van der Waals surface area (Å²) in [6.45, 7) is 7.04. The van der Waals surface area contributed by atoms with E-state index < -0.39 is 0 Å². The molecule has 0 unspecified atom stereocenters. The molecule has 1 heterocycles. The van der Waals surface area contributed by atoms with E-state index in [0.717, 1.165) is 19.6 Å². The van der Waals surface area contributed by atoms with Gasteiger partial charge >= 0.3 is 19.5 Å². The van der Waals surface area contributed by atoms with Crippen molar-refractivity contribution in [2.24, 2.45) is 10.9 Å². The molecule has 59 valence electrons. The number of hydrogen-bond donors (Lipinski definition) is 0. The van der Waals surface area contributed by atoms with Crippen LogP contribution in [0.4, 0.5) is 0 Å². The predicted molar refractivity (Wildman–Crippen MR) is 40.2 cm³/mol. The van der Waals surface area contributed by atoms with Gasteiger partial charge in [-0.2, -0.15) is 0 Å². The van der Waals surface area contributed by atoms with Crippen LogP contribution in [-0.2, 0) is 19.5 Å². The fourth-order valence-corrected chi connectivity index (χ4v) is 0.873.